The number of hydrogen-bond donors (Lipinski definition) is 1. The number of rotatable bonds is 5. The molecule has 2 rings (SSSR count). The van der Waals surface area contributed by atoms with Gasteiger partial charge in [0.2, 0.25) is 5.13 Å². The topological polar surface area (TPSA) is 41.1 Å². The van der Waals surface area contributed by atoms with E-state index in [1.54, 1.807) is 13.0 Å². The lowest BCUT2D eigenvalue weighted by Gasteiger charge is -2.25. The lowest BCUT2D eigenvalue weighted by molar-refractivity contribution is -0.137. The fraction of sp³-hybridized carbons (Fsp3) is 0.429. The molecule has 0 radical (unpaired) electrons. The van der Waals surface area contributed by atoms with Crippen molar-refractivity contribution < 1.29 is 13.2 Å². The molecule has 1 aromatic heterocycles. The zero-order chi connectivity index (χ0) is 16.3. The summed E-state index contributed by atoms with van der Waals surface area (Å²) in [5, 5.41) is 3.79. The third-order valence-electron chi connectivity index (χ3n) is 3.20. The van der Waals surface area contributed by atoms with Crippen molar-refractivity contribution in [3.8, 4) is 0 Å². The van der Waals surface area contributed by atoms with Gasteiger partial charge in [-0.05, 0) is 38.7 Å². The highest BCUT2D eigenvalue weighted by atomic mass is 32.1. The number of halogens is 3. The molecule has 1 aromatic carbocycles. The average Bonchev–Trinajstić information content (AvgIpc) is 2.84. The van der Waals surface area contributed by atoms with Crippen LogP contribution in [0, 0.1) is 6.92 Å². The highest BCUT2D eigenvalue weighted by Gasteiger charge is 2.31. The molecular formula is C14H17F3N4S. The number of anilines is 1. The van der Waals surface area contributed by atoms with Crippen LogP contribution < -0.4 is 5.32 Å². The number of benzene rings is 1. The minimum Gasteiger partial charge on any atom is -0.358 e. The molecule has 0 bridgehead atoms. The van der Waals surface area contributed by atoms with Gasteiger partial charge in [-0.15, -0.1) is 0 Å². The van der Waals surface area contributed by atoms with Gasteiger partial charge in [-0.1, -0.05) is 12.1 Å². The molecule has 0 amide bonds. The van der Waals surface area contributed by atoms with Gasteiger partial charge in [-0.2, -0.15) is 17.5 Å². The fourth-order valence-electron chi connectivity index (χ4n) is 2.07. The maximum absolute atomic E-state index is 12.8. The molecule has 0 aliphatic heterocycles. The minimum atomic E-state index is -4.34. The number of aromatic nitrogens is 2. The maximum atomic E-state index is 12.8. The minimum absolute atomic E-state index is 0.202. The number of likely N-dealkylation sites (N-methyl/N-ethyl adjacent to an activating group) is 1. The number of hydrogen-bond acceptors (Lipinski definition) is 5. The molecule has 1 N–H and O–H groups in total. The van der Waals surface area contributed by atoms with Gasteiger partial charge in [0.05, 0.1) is 11.6 Å². The number of nitrogens with zero attached hydrogens (tertiary/aromatic N) is 3. The summed E-state index contributed by atoms with van der Waals surface area (Å²) >= 11 is 1.24. The molecule has 8 heteroatoms. The first kappa shape index (κ1) is 16.7. The quantitative estimate of drug-likeness (QED) is 0.910. The van der Waals surface area contributed by atoms with Crippen LogP contribution in [-0.4, -0.2) is 34.9 Å². The van der Waals surface area contributed by atoms with E-state index in [1.807, 2.05) is 19.0 Å². The molecule has 22 heavy (non-hydrogen) atoms. The summed E-state index contributed by atoms with van der Waals surface area (Å²) in [5.41, 5.74) is -0.0304. The maximum Gasteiger partial charge on any atom is 0.416 e. The second kappa shape index (κ2) is 6.62. The Morgan fingerprint density at radius 1 is 1.32 bits per heavy atom. The lowest BCUT2D eigenvalue weighted by Crippen LogP contribution is -2.27. The van der Waals surface area contributed by atoms with Gasteiger partial charge < -0.3 is 10.2 Å². The molecule has 1 unspecified atom stereocenters. The monoisotopic (exact) mass is 330 g/mol. The van der Waals surface area contributed by atoms with Crippen molar-refractivity contribution >= 4 is 16.7 Å². The largest absolute Gasteiger partial charge is 0.416 e. The SMILES string of the molecule is Cc1nsc(NCC(c2cccc(C(F)(F)F)c2)N(C)C)n1. The molecule has 0 fully saturated rings. The van der Waals surface area contributed by atoms with Gasteiger partial charge in [0.1, 0.15) is 5.82 Å². The Labute approximate surface area is 131 Å². The number of alkyl halides is 3. The van der Waals surface area contributed by atoms with Crippen LogP contribution in [0.3, 0.4) is 0 Å². The number of aryl methyl sites for hydroxylation is 1. The molecule has 0 saturated heterocycles. The Morgan fingerprint density at radius 3 is 2.59 bits per heavy atom. The average molecular weight is 330 g/mol. The highest BCUT2D eigenvalue weighted by molar-refractivity contribution is 7.09. The van der Waals surface area contributed by atoms with Crippen LogP contribution in [0.4, 0.5) is 18.3 Å². The molecule has 0 aliphatic carbocycles. The predicted molar refractivity (Wildman–Crippen MR) is 81.0 cm³/mol. The highest BCUT2D eigenvalue weighted by Crippen LogP contribution is 2.31. The summed E-state index contributed by atoms with van der Waals surface area (Å²) in [7, 11) is 3.66. The second-order valence-electron chi connectivity index (χ2n) is 5.13. The Morgan fingerprint density at radius 2 is 2.05 bits per heavy atom. The van der Waals surface area contributed by atoms with Crippen LogP contribution >= 0.6 is 11.5 Å². The van der Waals surface area contributed by atoms with Crippen molar-refractivity contribution in [2.75, 3.05) is 26.0 Å². The molecule has 4 nitrogen and oxygen atoms in total. The van der Waals surface area contributed by atoms with E-state index in [0.29, 0.717) is 23.1 Å². The van der Waals surface area contributed by atoms with E-state index in [9.17, 15) is 13.2 Å². The molecule has 0 aliphatic rings. The van der Waals surface area contributed by atoms with E-state index in [2.05, 4.69) is 14.7 Å². The predicted octanol–water partition coefficient (Wildman–Crippen LogP) is 3.58. The lowest BCUT2D eigenvalue weighted by atomic mass is 10.0. The summed E-state index contributed by atoms with van der Waals surface area (Å²) < 4.78 is 42.6. The van der Waals surface area contributed by atoms with Crippen molar-refractivity contribution in [3.63, 3.8) is 0 Å². The molecule has 1 atom stereocenters. The van der Waals surface area contributed by atoms with Crippen LogP contribution in [0.25, 0.3) is 0 Å². The number of nitrogens with one attached hydrogen (secondary N) is 1. The Hall–Kier alpha value is -1.67. The molecule has 2 aromatic rings. The van der Waals surface area contributed by atoms with Crippen LogP contribution in [0.15, 0.2) is 24.3 Å². The molecular weight excluding hydrogens is 313 g/mol. The first-order valence-electron chi connectivity index (χ1n) is 6.65. The van der Waals surface area contributed by atoms with Crippen molar-refractivity contribution in [2.24, 2.45) is 0 Å². The zero-order valence-electron chi connectivity index (χ0n) is 12.5. The summed E-state index contributed by atoms with van der Waals surface area (Å²) in [6, 6.07) is 5.21. The molecule has 0 spiro atoms. The Kier molecular flexibility index (Phi) is 5.02. The van der Waals surface area contributed by atoms with E-state index in [4.69, 9.17) is 0 Å². The second-order valence-corrected chi connectivity index (χ2v) is 5.88. The van der Waals surface area contributed by atoms with Gasteiger partial charge in [0, 0.05) is 18.1 Å². The Bertz CT molecular complexity index is 625. The van der Waals surface area contributed by atoms with Crippen LogP contribution in [0.5, 0.6) is 0 Å². The van der Waals surface area contributed by atoms with Gasteiger partial charge in [-0.25, -0.2) is 4.98 Å². The zero-order valence-corrected chi connectivity index (χ0v) is 13.3. The van der Waals surface area contributed by atoms with Crippen molar-refractivity contribution in [1.29, 1.82) is 0 Å². The van der Waals surface area contributed by atoms with Crippen molar-refractivity contribution in [1.82, 2.24) is 14.3 Å². The van der Waals surface area contributed by atoms with E-state index >= 15 is 0 Å². The smallest absolute Gasteiger partial charge is 0.358 e. The summed E-state index contributed by atoms with van der Waals surface area (Å²) in [6.07, 6.45) is -4.34. The van der Waals surface area contributed by atoms with Gasteiger partial charge in [0.25, 0.3) is 0 Å². The van der Waals surface area contributed by atoms with Gasteiger partial charge >= 0.3 is 6.18 Å². The van der Waals surface area contributed by atoms with Crippen LogP contribution in [0.2, 0.25) is 0 Å². The summed E-state index contributed by atoms with van der Waals surface area (Å²) in [5.74, 6) is 0.674. The van der Waals surface area contributed by atoms with Gasteiger partial charge in [-0.3, -0.25) is 0 Å². The summed E-state index contributed by atoms with van der Waals surface area (Å²) in [6.45, 7) is 2.24. The van der Waals surface area contributed by atoms with Crippen molar-refractivity contribution in [3.05, 3.63) is 41.2 Å². The Balaban J connectivity index is 2.17. The van der Waals surface area contributed by atoms with E-state index < -0.39 is 11.7 Å². The molecule has 120 valence electrons. The van der Waals surface area contributed by atoms with Crippen LogP contribution in [0.1, 0.15) is 23.0 Å². The molecule has 0 saturated carbocycles. The van der Waals surface area contributed by atoms with E-state index in [1.165, 1.54) is 23.7 Å². The first-order chi connectivity index (χ1) is 10.3. The van der Waals surface area contributed by atoms with Crippen molar-refractivity contribution in [2.45, 2.75) is 19.1 Å². The summed E-state index contributed by atoms with van der Waals surface area (Å²) in [4.78, 5) is 6.06. The normalized spacial score (nSPS) is 13.4. The van der Waals surface area contributed by atoms with E-state index in [0.717, 1.165) is 6.07 Å². The standard InChI is InChI=1S/C14H17F3N4S/c1-9-19-13(22-20-9)18-8-12(21(2)3)10-5-4-6-11(7-10)14(15,16)17/h4-7,12H,8H2,1-3H3,(H,18,19,20). The van der Waals surface area contributed by atoms with E-state index in [-0.39, 0.29) is 6.04 Å². The third-order valence-corrected chi connectivity index (χ3v) is 3.96. The van der Waals surface area contributed by atoms with Crippen LogP contribution in [-0.2, 0) is 6.18 Å². The first-order valence-corrected chi connectivity index (χ1v) is 7.42. The molecule has 1 heterocycles. The van der Waals surface area contributed by atoms with Gasteiger partial charge in [0.15, 0.2) is 0 Å². The fourth-order valence-corrected chi connectivity index (χ4v) is 2.65. The third kappa shape index (κ3) is 4.17.